The molecular weight excluding hydrogens is 456 g/mol. The van der Waals surface area contributed by atoms with Crippen LogP contribution in [0.25, 0.3) is 11.5 Å². The molecule has 0 saturated carbocycles. The first-order valence-electron chi connectivity index (χ1n) is 8.82. The van der Waals surface area contributed by atoms with Crippen molar-refractivity contribution < 1.29 is 14.0 Å². The van der Waals surface area contributed by atoms with E-state index in [-0.39, 0.29) is 17.6 Å². The lowest BCUT2D eigenvalue weighted by Gasteiger charge is -2.42. The zero-order valence-electron chi connectivity index (χ0n) is 15.7. The van der Waals surface area contributed by atoms with E-state index >= 15 is 0 Å². The molecule has 29 heavy (non-hydrogen) atoms. The summed E-state index contributed by atoms with van der Waals surface area (Å²) in [7, 11) is 0. The minimum atomic E-state index is -1.01. The van der Waals surface area contributed by atoms with Crippen LogP contribution in [0.2, 0.25) is 0 Å². The molecule has 1 aliphatic heterocycles. The lowest BCUT2D eigenvalue weighted by Crippen LogP contribution is -2.58. The lowest BCUT2D eigenvalue weighted by atomic mass is 9.96. The zero-order valence-corrected chi connectivity index (χ0v) is 18.1. The highest BCUT2D eigenvalue weighted by Crippen LogP contribution is 2.37. The second kappa shape index (κ2) is 7.64. The molecule has 2 heterocycles. The highest BCUT2D eigenvalue weighted by molar-refractivity contribution is 9.10. The van der Waals surface area contributed by atoms with Crippen LogP contribution in [0, 0.1) is 0 Å². The molecule has 0 aliphatic carbocycles. The summed E-state index contributed by atoms with van der Waals surface area (Å²) < 4.78 is 6.58. The molecule has 7 nitrogen and oxygen atoms in total. The maximum absolute atomic E-state index is 13.0. The summed E-state index contributed by atoms with van der Waals surface area (Å²) in [4.78, 5) is 27.1. The minimum Gasteiger partial charge on any atom is -0.411 e. The molecule has 9 heteroatoms. The Morgan fingerprint density at radius 2 is 2.00 bits per heavy atom. The summed E-state index contributed by atoms with van der Waals surface area (Å²) in [6.45, 7) is 3.44. The van der Waals surface area contributed by atoms with Gasteiger partial charge >= 0.3 is 0 Å². The number of carbonyl (C=O) groups is 2. The number of fused-ring (bicyclic) bond motifs is 1. The van der Waals surface area contributed by atoms with Gasteiger partial charge in [-0.05, 0) is 44.2 Å². The number of hydrogen-bond acceptors (Lipinski definition) is 6. The molecular formula is C20H17BrN4O3S. The fourth-order valence-electron chi connectivity index (χ4n) is 3.09. The Bertz CT molecular complexity index is 1100. The van der Waals surface area contributed by atoms with Crippen LogP contribution in [0.5, 0.6) is 0 Å². The third-order valence-electron chi connectivity index (χ3n) is 4.55. The fourth-order valence-corrected chi connectivity index (χ4v) is 4.10. The summed E-state index contributed by atoms with van der Waals surface area (Å²) in [5, 5.41) is 11.2. The Hall–Kier alpha value is -2.65. The average Bonchev–Trinajstić information content (AvgIpc) is 3.16. The molecule has 0 unspecified atom stereocenters. The first-order chi connectivity index (χ1) is 13.9. The van der Waals surface area contributed by atoms with E-state index in [0.717, 1.165) is 21.8 Å². The number of hydrogen-bond donors (Lipinski definition) is 1. The van der Waals surface area contributed by atoms with E-state index in [2.05, 4.69) is 31.4 Å². The molecule has 148 valence electrons. The second-order valence-corrected chi connectivity index (χ2v) is 8.77. The number of thioether (sulfide) groups is 1. The van der Waals surface area contributed by atoms with Crippen molar-refractivity contribution in [1.82, 2.24) is 10.2 Å². The van der Waals surface area contributed by atoms with Crippen molar-refractivity contribution >= 4 is 50.9 Å². The molecule has 1 aromatic heterocycles. The van der Waals surface area contributed by atoms with E-state index in [1.807, 2.05) is 42.5 Å². The van der Waals surface area contributed by atoms with Crippen LogP contribution in [0.4, 0.5) is 11.4 Å². The van der Waals surface area contributed by atoms with Gasteiger partial charge in [-0.25, -0.2) is 0 Å². The Labute approximate surface area is 180 Å². The molecule has 0 saturated heterocycles. The minimum absolute atomic E-state index is 0.0607. The van der Waals surface area contributed by atoms with E-state index < -0.39 is 5.54 Å². The Morgan fingerprint density at radius 1 is 1.21 bits per heavy atom. The van der Waals surface area contributed by atoms with Gasteiger partial charge in [0.15, 0.2) is 0 Å². The van der Waals surface area contributed by atoms with E-state index in [1.165, 1.54) is 4.90 Å². The number of halogens is 1. The maximum atomic E-state index is 13.0. The molecule has 0 radical (unpaired) electrons. The Balaban J connectivity index is 1.52. The number of benzene rings is 2. The van der Waals surface area contributed by atoms with Gasteiger partial charge < -0.3 is 9.73 Å². The molecule has 0 bridgehead atoms. The standard InChI is InChI=1S/C20H17BrN4O3S/c1-20(2)18(27)22-14-8-3-4-9-15(14)25(20)16(26)11-29-19-24-23-17(28-19)12-6-5-7-13(21)10-12/h3-10H,11H2,1-2H3,(H,22,27). The first kappa shape index (κ1) is 19.7. The quantitative estimate of drug-likeness (QED) is 0.567. The second-order valence-electron chi connectivity index (χ2n) is 6.93. The molecule has 3 aromatic rings. The normalized spacial score (nSPS) is 15.0. The van der Waals surface area contributed by atoms with Crippen molar-refractivity contribution in [3.8, 4) is 11.5 Å². The molecule has 4 rings (SSSR count). The van der Waals surface area contributed by atoms with Gasteiger partial charge in [-0.1, -0.05) is 45.9 Å². The molecule has 0 atom stereocenters. The number of aromatic nitrogens is 2. The molecule has 2 amide bonds. The van der Waals surface area contributed by atoms with Crippen molar-refractivity contribution in [3.05, 3.63) is 53.0 Å². The van der Waals surface area contributed by atoms with Crippen LogP contribution in [0.1, 0.15) is 13.8 Å². The van der Waals surface area contributed by atoms with Crippen molar-refractivity contribution in [2.45, 2.75) is 24.6 Å². The van der Waals surface area contributed by atoms with Crippen LogP contribution in [-0.2, 0) is 9.59 Å². The largest absolute Gasteiger partial charge is 0.411 e. The van der Waals surface area contributed by atoms with Crippen LogP contribution >= 0.6 is 27.7 Å². The smallest absolute Gasteiger partial charge is 0.277 e. The number of anilines is 2. The van der Waals surface area contributed by atoms with Gasteiger partial charge in [0.25, 0.3) is 5.22 Å². The number of amides is 2. The zero-order chi connectivity index (χ0) is 20.6. The molecule has 1 N–H and O–H groups in total. The van der Waals surface area contributed by atoms with Gasteiger partial charge in [0.1, 0.15) is 5.54 Å². The van der Waals surface area contributed by atoms with Gasteiger partial charge in [-0.15, -0.1) is 10.2 Å². The van der Waals surface area contributed by atoms with Crippen molar-refractivity contribution in [1.29, 1.82) is 0 Å². The third-order valence-corrected chi connectivity index (χ3v) is 5.85. The van der Waals surface area contributed by atoms with Crippen molar-refractivity contribution in [2.24, 2.45) is 0 Å². The molecule has 0 spiro atoms. The maximum Gasteiger partial charge on any atom is 0.277 e. The van der Waals surface area contributed by atoms with E-state index in [9.17, 15) is 9.59 Å². The van der Waals surface area contributed by atoms with Crippen molar-refractivity contribution in [2.75, 3.05) is 16.0 Å². The Morgan fingerprint density at radius 3 is 2.79 bits per heavy atom. The summed E-state index contributed by atoms with van der Waals surface area (Å²) in [6.07, 6.45) is 0. The van der Waals surface area contributed by atoms with Gasteiger partial charge in [-0.3, -0.25) is 14.5 Å². The monoisotopic (exact) mass is 472 g/mol. The average molecular weight is 473 g/mol. The summed E-state index contributed by atoms with van der Waals surface area (Å²) in [5.74, 6) is -0.0106. The highest BCUT2D eigenvalue weighted by Gasteiger charge is 2.43. The van der Waals surface area contributed by atoms with Gasteiger partial charge in [0, 0.05) is 10.0 Å². The summed E-state index contributed by atoms with van der Waals surface area (Å²) in [5.41, 5.74) is 1.06. The molecule has 2 aromatic carbocycles. The predicted molar refractivity (Wildman–Crippen MR) is 115 cm³/mol. The molecule has 1 aliphatic rings. The van der Waals surface area contributed by atoms with Crippen LogP contribution in [-0.4, -0.2) is 33.3 Å². The van der Waals surface area contributed by atoms with Gasteiger partial charge in [0.05, 0.1) is 17.1 Å². The number of nitrogens with one attached hydrogen (secondary N) is 1. The number of para-hydroxylation sites is 2. The number of nitrogens with zero attached hydrogens (tertiary/aromatic N) is 3. The van der Waals surface area contributed by atoms with Crippen LogP contribution in [0.3, 0.4) is 0 Å². The SMILES string of the molecule is CC1(C)C(=O)Nc2ccccc2N1C(=O)CSc1nnc(-c2cccc(Br)c2)o1. The third kappa shape index (κ3) is 3.79. The summed E-state index contributed by atoms with van der Waals surface area (Å²) >= 11 is 4.55. The van der Waals surface area contributed by atoms with Gasteiger partial charge in [0.2, 0.25) is 17.7 Å². The fraction of sp³-hybridized carbons (Fsp3) is 0.200. The predicted octanol–water partition coefficient (Wildman–Crippen LogP) is 4.36. The number of rotatable bonds is 4. The topological polar surface area (TPSA) is 88.3 Å². The van der Waals surface area contributed by atoms with Crippen LogP contribution < -0.4 is 10.2 Å². The van der Waals surface area contributed by atoms with E-state index in [4.69, 9.17) is 4.42 Å². The molecule has 0 fully saturated rings. The highest BCUT2D eigenvalue weighted by atomic mass is 79.9. The van der Waals surface area contributed by atoms with E-state index in [0.29, 0.717) is 22.5 Å². The Kier molecular flexibility index (Phi) is 5.18. The number of carbonyl (C=O) groups excluding carboxylic acids is 2. The van der Waals surface area contributed by atoms with E-state index in [1.54, 1.807) is 19.9 Å². The van der Waals surface area contributed by atoms with Gasteiger partial charge in [-0.2, -0.15) is 0 Å². The lowest BCUT2D eigenvalue weighted by molar-refractivity contribution is -0.125. The van der Waals surface area contributed by atoms with Crippen LogP contribution in [0.15, 0.2) is 62.6 Å². The van der Waals surface area contributed by atoms with Crippen molar-refractivity contribution in [3.63, 3.8) is 0 Å². The first-order valence-corrected chi connectivity index (χ1v) is 10.6. The summed E-state index contributed by atoms with van der Waals surface area (Å²) in [6, 6.07) is 14.8.